The third-order valence-electron chi connectivity index (χ3n) is 7.02. The molecule has 0 saturated heterocycles. The lowest BCUT2D eigenvalue weighted by atomic mass is 9.47. The van der Waals surface area contributed by atoms with Crippen molar-refractivity contribution < 1.29 is 14.3 Å². The molecule has 154 valence electrons. The second-order valence-electron chi connectivity index (χ2n) is 9.72. The molecule has 4 saturated carbocycles. The molecule has 4 aliphatic carbocycles. The number of nitrogens with one attached hydrogen (secondary N) is 1. The van der Waals surface area contributed by atoms with Gasteiger partial charge in [0.15, 0.2) is 5.60 Å². The van der Waals surface area contributed by atoms with Crippen LogP contribution in [0.3, 0.4) is 0 Å². The van der Waals surface area contributed by atoms with Gasteiger partial charge in [0.05, 0.1) is 5.56 Å². The topological polar surface area (TPSA) is 118 Å². The van der Waals surface area contributed by atoms with Crippen molar-refractivity contribution in [2.24, 2.45) is 28.9 Å². The molecule has 4 unspecified atom stereocenters. The third-order valence-corrected chi connectivity index (χ3v) is 7.02. The highest BCUT2D eigenvalue weighted by atomic mass is 16.5. The Morgan fingerprint density at radius 3 is 2.55 bits per heavy atom. The number of nitriles is 1. The van der Waals surface area contributed by atoms with Crippen LogP contribution in [0.2, 0.25) is 0 Å². The predicted molar refractivity (Wildman–Crippen MR) is 105 cm³/mol. The molecule has 4 bridgehead atoms. The average molecular weight is 396 g/mol. The molecular formula is C22H28N4O3. The van der Waals surface area contributed by atoms with Crippen molar-refractivity contribution in [3.63, 3.8) is 0 Å². The zero-order valence-electron chi connectivity index (χ0n) is 17.0. The maximum atomic E-state index is 13.1. The van der Waals surface area contributed by atoms with E-state index < -0.39 is 5.60 Å². The normalized spacial score (nSPS) is 32.4. The largest absolute Gasteiger partial charge is 0.462 e. The molecule has 4 aliphatic rings. The summed E-state index contributed by atoms with van der Waals surface area (Å²) < 4.78 is 5.84. The van der Waals surface area contributed by atoms with Crippen LogP contribution < -0.4 is 15.8 Å². The van der Waals surface area contributed by atoms with Gasteiger partial charge in [0, 0.05) is 24.7 Å². The smallest absolute Gasteiger partial charge is 0.263 e. The van der Waals surface area contributed by atoms with E-state index in [1.807, 2.05) is 6.07 Å². The van der Waals surface area contributed by atoms with Crippen LogP contribution in [0.4, 0.5) is 0 Å². The minimum atomic E-state index is -1.08. The van der Waals surface area contributed by atoms with Crippen molar-refractivity contribution >= 4 is 11.8 Å². The maximum absolute atomic E-state index is 13.1. The SMILES string of the molecule is CC(C)(Oc1ccc(C#N)cn1)C(=O)NC1C2CC3C[C@H]1CC(CC(N)=O)(C3)C2. The Kier molecular flexibility index (Phi) is 4.76. The van der Waals surface area contributed by atoms with E-state index in [-0.39, 0.29) is 23.3 Å². The summed E-state index contributed by atoms with van der Waals surface area (Å²) in [5, 5.41) is 12.1. The lowest BCUT2D eigenvalue weighted by Gasteiger charge is -2.60. The lowest BCUT2D eigenvalue weighted by molar-refractivity contribution is -0.143. The maximum Gasteiger partial charge on any atom is 0.263 e. The Hall–Kier alpha value is -2.62. The van der Waals surface area contributed by atoms with Crippen LogP contribution >= 0.6 is 0 Å². The van der Waals surface area contributed by atoms with Crippen molar-refractivity contribution in [2.75, 3.05) is 0 Å². The van der Waals surface area contributed by atoms with Gasteiger partial charge in [-0.15, -0.1) is 0 Å². The van der Waals surface area contributed by atoms with E-state index in [9.17, 15) is 9.59 Å². The summed E-state index contributed by atoms with van der Waals surface area (Å²) in [6.45, 7) is 3.46. The number of ether oxygens (including phenoxy) is 1. The fraction of sp³-hybridized carbons (Fsp3) is 0.636. The molecular weight excluding hydrogens is 368 g/mol. The quantitative estimate of drug-likeness (QED) is 0.765. The van der Waals surface area contributed by atoms with Crippen LogP contribution in [0.15, 0.2) is 18.3 Å². The number of carbonyl (C=O) groups excluding carboxylic acids is 2. The van der Waals surface area contributed by atoms with Crippen LogP contribution in [0.5, 0.6) is 5.88 Å². The van der Waals surface area contributed by atoms with Crippen LogP contribution in [0.25, 0.3) is 0 Å². The zero-order valence-corrected chi connectivity index (χ0v) is 17.0. The average Bonchev–Trinajstić information content (AvgIpc) is 2.63. The van der Waals surface area contributed by atoms with Crippen LogP contribution in [-0.4, -0.2) is 28.4 Å². The molecule has 1 heterocycles. The standard InChI is InChI=1S/C22H28N4O3/c1-21(2,29-18-4-3-13(11-23)12-25-18)20(28)26-19-15-5-14-6-16(19)9-22(7-14,8-15)10-17(24)27/h3-4,12,14-16,19H,5-10H2,1-2H3,(H2,24,27)(H,26,28)/t14?,15-,16?,19?,22?/m0/s1. The molecule has 5 rings (SSSR count). The summed E-state index contributed by atoms with van der Waals surface area (Å²) in [6.07, 6.45) is 7.15. The molecule has 3 N–H and O–H groups in total. The number of nitrogens with zero attached hydrogens (tertiary/aromatic N) is 2. The molecule has 29 heavy (non-hydrogen) atoms. The van der Waals surface area contributed by atoms with E-state index in [4.69, 9.17) is 15.7 Å². The number of amides is 2. The number of primary amides is 1. The molecule has 0 radical (unpaired) electrons. The van der Waals surface area contributed by atoms with E-state index in [0.717, 1.165) is 32.1 Å². The number of hydrogen-bond acceptors (Lipinski definition) is 5. The van der Waals surface area contributed by atoms with Gasteiger partial charge in [-0.3, -0.25) is 9.59 Å². The van der Waals surface area contributed by atoms with Crippen LogP contribution in [0.1, 0.15) is 57.9 Å². The lowest BCUT2D eigenvalue weighted by Crippen LogP contribution is -2.62. The molecule has 5 atom stereocenters. The first-order chi connectivity index (χ1) is 13.7. The van der Waals surface area contributed by atoms with Gasteiger partial charge in [-0.1, -0.05) is 0 Å². The molecule has 0 spiro atoms. The Morgan fingerprint density at radius 1 is 1.31 bits per heavy atom. The van der Waals surface area contributed by atoms with Crippen molar-refractivity contribution in [2.45, 2.75) is 64.0 Å². The number of hydrogen-bond donors (Lipinski definition) is 2. The molecule has 1 aromatic rings. The second kappa shape index (κ2) is 7.01. The zero-order chi connectivity index (χ0) is 20.8. The van der Waals surface area contributed by atoms with Gasteiger partial charge in [0.2, 0.25) is 11.8 Å². The summed E-state index contributed by atoms with van der Waals surface area (Å²) in [5.41, 5.74) is 4.93. The van der Waals surface area contributed by atoms with E-state index >= 15 is 0 Å². The minimum absolute atomic E-state index is 0.0436. The van der Waals surface area contributed by atoms with Crippen LogP contribution in [0, 0.1) is 34.5 Å². The van der Waals surface area contributed by atoms with Gasteiger partial charge in [-0.2, -0.15) is 5.26 Å². The molecule has 4 fully saturated rings. The summed E-state index contributed by atoms with van der Waals surface area (Å²) in [5.74, 6) is 1.38. The Morgan fingerprint density at radius 2 is 2.00 bits per heavy atom. The highest BCUT2D eigenvalue weighted by Gasteiger charge is 2.56. The van der Waals surface area contributed by atoms with E-state index in [2.05, 4.69) is 10.3 Å². The highest BCUT2D eigenvalue weighted by Crippen LogP contribution is 2.61. The fourth-order valence-corrected chi connectivity index (χ4v) is 6.15. The van der Waals surface area contributed by atoms with Crippen molar-refractivity contribution in [1.82, 2.24) is 10.3 Å². The Bertz CT molecular complexity index is 842. The summed E-state index contributed by atoms with van der Waals surface area (Å²) in [6, 6.07) is 5.35. The fourth-order valence-electron chi connectivity index (χ4n) is 6.15. The summed E-state index contributed by atoms with van der Waals surface area (Å²) in [7, 11) is 0. The second-order valence-corrected chi connectivity index (χ2v) is 9.72. The van der Waals surface area contributed by atoms with E-state index in [1.54, 1.807) is 26.0 Å². The first kappa shape index (κ1) is 19.7. The number of nitrogens with two attached hydrogens (primary N) is 1. The van der Waals surface area contributed by atoms with Crippen molar-refractivity contribution in [1.29, 1.82) is 5.26 Å². The van der Waals surface area contributed by atoms with Gasteiger partial charge < -0.3 is 15.8 Å². The van der Waals surface area contributed by atoms with Gasteiger partial charge in [0.1, 0.15) is 6.07 Å². The number of rotatable bonds is 6. The molecule has 2 amide bonds. The summed E-state index contributed by atoms with van der Waals surface area (Å²) in [4.78, 5) is 28.8. The van der Waals surface area contributed by atoms with E-state index in [1.165, 1.54) is 6.20 Å². The third kappa shape index (κ3) is 3.81. The molecule has 0 aromatic carbocycles. The van der Waals surface area contributed by atoms with E-state index in [0.29, 0.717) is 35.6 Å². The monoisotopic (exact) mass is 396 g/mol. The number of aromatic nitrogens is 1. The summed E-state index contributed by atoms with van der Waals surface area (Å²) >= 11 is 0. The molecule has 7 nitrogen and oxygen atoms in total. The first-order valence-electron chi connectivity index (χ1n) is 10.3. The number of carbonyl (C=O) groups is 2. The van der Waals surface area contributed by atoms with Gasteiger partial charge in [0.25, 0.3) is 5.91 Å². The predicted octanol–water partition coefficient (Wildman–Crippen LogP) is 2.30. The van der Waals surface area contributed by atoms with Crippen molar-refractivity contribution in [3.8, 4) is 11.9 Å². The molecule has 0 aliphatic heterocycles. The van der Waals surface area contributed by atoms with Crippen LogP contribution in [-0.2, 0) is 9.59 Å². The van der Waals surface area contributed by atoms with Gasteiger partial charge >= 0.3 is 0 Å². The Labute approximate surface area is 171 Å². The molecule has 7 heteroatoms. The minimum Gasteiger partial charge on any atom is -0.462 e. The Balaban J connectivity index is 1.43. The first-order valence-corrected chi connectivity index (χ1v) is 10.3. The number of pyridine rings is 1. The highest BCUT2D eigenvalue weighted by molar-refractivity contribution is 5.85. The van der Waals surface area contributed by atoms with Gasteiger partial charge in [-0.05, 0) is 75.2 Å². The van der Waals surface area contributed by atoms with Crippen molar-refractivity contribution in [3.05, 3.63) is 23.9 Å². The molecule has 1 aromatic heterocycles. The van der Waals surface area contributed by atoms with Gasteiger partial charge in [-0.25, -0.2) is 4.98 Å².